The number of carbonyl (C=O) groups excluding carboxylic acids is 2. The number of fused-ring (bicyclic) bond motifs is 3. The van der Waals surface area contributed by atoms with E-state index >= 15 is 0 Å². The van der Waals surface area contributed by atoms with Crippen LogP contribution in [0.3, 0.4) is 0 Å². The van der Waals surface area contributed by atoms with Crippen molar-refractivity contribution in [2.24, 2.45) is 5.41 Å². The molecular weight excluding hydrogens is 420 g/mol. The molecule has 1 aliphatic rings. The Labute approximate surface area is 193 Å². The van der Waals surface area contributed by atoms with E-state index in [0.29, 0.717) is 0 Å². The lowest BCUT2D eigenvalue weighted by molar-refractivity contribution is -0.132. The number of carboxylic acids is 1. The highest BCUT2D eigenvalue weighted by Gasteiger charge is 2.34. The van der Waals surface area contributed by atoms with Gasteiger partial charge in [-0.25, -0.2) is 9.59 Å². The molecule has 0 saturated carbocycles. The molecule has 0 fully saturated rings. The van der Waals surface area contributed by atoms with Gasteiger partial charge in [0.05, 0.1) is 0 Å². The molecule has 3 N–H and O–H groups in total. The summed E-state index contributed by atoms with van der Waals surface area (Å²) in [6.07, 6.45) is 0.733. The highest BCUT2D eigenvalue weighted by Crippen LogP contribution is 2.44. The minimum atomic E-state index is -1.05. The molecular formula is C26H30N2O5. The van der Waals surface area contributed by atoms with Crippen molar-refractivity contribution in [1.29, 1.82) is 0 Å². The van der Waals surface area contributed by atoms with Gasteiger partial charge in [-0.3, -0.25) is 4.79 Å². The summed E-state index contributed by atoms with van der Waals surface area (Å²) >= 11 is 0. The molecule has 0 bridgehead atoms. The molecule has 7 nitrogen and oxygen atoms in total. The average molecular weight is 451 g/mol. The van der Waals surface area contributed by atoms with E-state index in [-0.39, 0.29) is 24.6 Å². The summed E-state index contributed by atoms with van der Waals surface area (Å²) < 4.78 is 5.57. The van der Waals surface area contributed by atoms with Crippen LogP contribution in [0.1, 0.15) is 44.7 Å². The zero-order valence-electron chi connectivity index (χ0n) is 19.3. The Morgan fingerprint density at radius 2 is 1.58 bits per heavy atom. The van der Waals surface area contributed by atoms with Crippen molar-refractivity contribution in [2.75, 3.05) is 13.2 Å². The number of amides is 2. The van der Waals surface area contributed by atoms with Gasteiger partial charge in [-0.2, -0.15) is 0 Å². The number of ether oxygens (including phenoxy) is 1. The Balaban J connectivity index is 1.65. The van der Waals surface area contributed by atoms with Gasteiger partial charge < -0.3 is 20.5 Å². The average Bonchev–Trinajstić information content (AvgIpc) is 3.08. The zero-order valence-corrected chi connectivity index (χ0v) is 19.3. The summed E-state index contributed by atoms with van der Waals surface area (Å²) in [5.41, 5.74) is 4.04. The maximum atomic E-state index is 12.7. The van der Waals surface area contributed by atoms with Gasteiger partial charge in [-0.15, -0.1) is 0 Å². The van der Waals surface area contributed by atoms with Crippen molar-refractivity contribution < 1.29 is 24.2 Å². The summed E-state index contributed by atoms with van der Waals surface area (Å²) in [6, 6.07) is 15.3. The zero-order chi connectivity index (χ0) is 24.2. The molecule has 0 spiro atoms. The minimum Gasteiger partial charge on any atom is -0.478 e. The van der Waals surface area contributed by atoms with Crippen LogP contribution in [-0.2, 0) is 14.3 Å². The second-order valence-corrected chi connectivity index (χ2v) is 9.21. The third-order valence-electron chi connectivity index (χ3n) is 5.76. The standard InChI is InChI=1S/C26H30N2O5/c1-16(24(30)31)13-14-27-23(29)22(26(2,3)4)28-25(32)33-15-21-19-11-7-5-9-17(19)18-10-6-8-12-20(18)21/h5-13,21-22H,14-15H2,1-4H3,(H,27,29)(H,28,32)(H,30,31)/b16-13+/t22-/m0/s1. The summed E-state index contributed by atoms with van der Waals surface area (Å²) in [6.45, 7) is 7.15. The molecule has 1 atom stereocenters. The Morgan fingerprint density at radius 1 is 1.03 bits per heavy atom. The van der Waals surface area contributed by atoms with E-state index in [1.807, 2.05) is 57.2 Å². The molecule has 0 unspecified atom stereocenters. The van der Waals surface area contributed by atoms with Gasteiger partial charge in [0.25, 0.3) is 0 Å². The first-order valence-corrected chi connectivity index (χ1v) is 10.9. The van der Waals surface area contributed by atoms with Gasteiger partial charge in [0, 0.05) is 18.0 Å². The number of aliphatic carboxylic acids is 1. The van der Waals surface area contributed by atoms with E-state index in [2.05, 4.69) is 22.8 Å². The van der Waals surface area contributed by atoms with Gasteiger partial charge in [-0.05, 0) is 34.6 Å². The van der Waals surface area contributed by atoms with Crippen molar-refractivity contribution >= 4 is 18.0 Å². The number of carboxylic acid groups (broad SMARTS) is 1. The largest absolute Gasteiger partial charge is 0.478 e. The molecule has 0 aliphatic heterocycles. The lowest BCUT2D eigenvalue weighted by atomic mass is 9.86. The Kier molecular flexibility index (Phi) is 7.21. The number of hydrogen-bond acceptors (Lipinski definition) is 4. The minimum absolute atomic E-state index is 0.0515. The summed E-state index contributed by atoms with van der Waals surface area (Å²) in [4.78, 5) is 36.3. The first-order chi connectivity index (χ1) is 15.6. The molecule has 174 valence electrons. The molecule has 3 rings (SSSR count). The van der Waals surface area contributed by atoms with Crippen LogP contribution in [0.15, 0.2) is 60.2 Å². The summed E-state index contributed by atoms with van der Waals surface area (Å²) in [5, 5.41) is 14.3. The molecule has 33 heavy (non-hydrogen) atoms. The molecule has 0 aromatic heterocycles. The highest BCUT2D eigenvalue weighted by molar-refractivity contribution is 5.88. The van der Waals surface area contributed by atoms with Gasteiger partial charge in [0.15, 0.2) is 0 Å². The fraction of sp³-hybridized carbons (Fsp3) is 0.346. The topological polar surface area (TPSA) is 105 Å². The fourth-order valence-corrected chi connectivity index (χ4v) is 3.93. The van der Waals surface area contributed by atoms with Crippen LogP contribution in [0, 0.1) is 5.41 Å². The van der Waals surface area contributed by atoms with E-state index in [4.69, 9.17) is 9.84 Å². The quantitative estimate of drug-likeness (QED) is 0.551. The molecule has 0 saturated heterocycles. The number of hydrogen-bond donors (Lipinski definition) is 3. The van der Waals surface area contributed by atoms with E-state index in [9.17, 15) is 14.4 Å². The third kappa shape index (κ3) is 5.61. The predicted octanol–water partition coefficient (Wildman–Crippen LogP) is 4.09. The second-order valence-electron chi connectivity index (χ2n) is 9.21. The molecule has 2 aromatic rings. The van der Waals surface area contributed by atoms with Gasteiger partial charge >= 0.3 is 12.1 Å². The monoisotopic (exact) mass is 450 g/mol. The van der Waals surface area contributed by atoms with Crippen LogP contribution in [0.5, 0.6) is 0 Å². The van der Waals surface area contributed by atoms with Crippen LogP contribution in [0.4, 0.5) is 4.79 Å². The lowest BCUT2D eigenvalue weighted by Gasteiger charge is -2.30. The first kappa shape index (κ1) is 24.0. The van der Waals surface area contributed by atoms with Gasteiger partial charge in [0.2, 0.25) is 5.91 Å². The maximum Gasteiger partial charge on any atom is 0.407 e. The van der Waals surface area contributed by atoms with E-state index < -0.39 is 29.4 Å². The van der Waals surface area contributed by atoms with Crippen molar-refractivity contribution in [3.8, 4) is 11.1 Å². The Hall–Kier alpha value is -3.61. The molecule has 0 radical (unpaired) electrons. The Bertz CT molecular complexity index is 1040. The smallest absolute Gasteiger partial charge is 0.407 e. The van der Waals surface area contributed by atoms with Crippen LogP contribution < -0.4 is 10.6 Å². The van der Waals surface area contributed by atoms with E-state index in [1.54, 1.807) is 0 Å². The molecule has 0 heterocycles. The van der Waals surface area contributed by atoms with Gasteiger partial charge in [-0.1, -0.05) is 75.4 Å². The van der Waals surface area contributed by atoms with Crippen LogP contribution in [0.25, 0.3) is 11.1 Å². The van der Waals surface area contributed by atoms with Crippen LogP contribution in [-0.4, -0.2) is 42.3 Å². The molecule has 2 amide bonds. The Morgan fingerprint density at radius 3 is 2.09 bits per heavy atom. The number of alkyl carbamates (subject to hydrolysis) is 1. The summed E-state index contributed by atoms with van der Waals surface area (Å²) in [7, 11) is 0. The van der Waals surface area contributed by atoms with E-state index in [1.165, 1.54) is 13.0 Å². The fourth-order valence-electron chi connectivity index (χ4n) is 3.93. The summed E-state index contributed by atoms with van der Waals surface area (Å²) in [5.74, 6) is -1.53. The maximum absolute atomic E-state index is 12.7. The van der Waals surface area contributed by atoms with Gasteiger partial charge in [0.1, 0.15) is 12.6 Å². The van der Waals surface area contributed by atoms with Crippen molar-refractivity contribution in [2.45, 2.75) is 39.7 Å². The SMILES string of the molecule is C/C(=C\CNC(=O)[C@H](NC(=O)OCC1c2ccccc2-c2ccccc21)C(C)(C)C)C(=O)O. The third-order valence-corrected chi connectivity index (χ3v) is 5.76. The first-order valence-electron chi connectivity index (χ1n) is 10.9. The van der Waals surface area contributed by atoms with Crippen molar-refractivity contribution in [1.82, 2.24) is 10.6 Å². The van der Waals surface area contributed by atoms with Crippen LogP contribution in [0.2, 0.25) is 0 Å². The highest BCUT2D eigenvalue weighted by atomic mass is 16.5. The van der Waals surface area contributed by atoms with Crippen molar-refractivity contribution in [3.05, 3.63) is 71.3 Å². The number of benzene rings is 2. The molecule has 1 aliphatic carbocycles. The lowest BCUT2D eigenvalue weighted by Crippen LogP contribution is -2.53. The normalized spacial score (nSPS) is 14.1. The number of carbonyl (C=O) groups is 3. The van der Waals surface area contributed by atoms with E-state index in [0.717, 1.165) is 22.3 Å². The second kappa shape index (κ2) is 9.90. The van der Waals surface area contributed by atoms with Crippen molar-refractivity contribution in [3.63, 3.8) is 0 Å². The molecule has 7 heteroatoms. The predicted molar refractivity (Wildman–Crippen MR) is 126 cm³/mol. The number of rotatable bonds is 7. The molecule has 2 aromatic carbocycles. The number of nitrogens with one attached hydrogen (secondary N) is 2. The van der Waals surface area contributed by atoms with Crippen LogP contribution >= 0.6 is 0 Å².